The maximum Gasteiger partial charge on any atom is 0.238 e. The molecule has 0 amide bonds. The first-order chi connectivity index (χ1) is 12.4. The van der Waals surface area contributed by atoms with Crippen LogP contribution < -0.4 is 5.14 Å². The van der Waals surface area contributed by atoms with Gasteiger partial charge in [0, 0.05) is 5.41 Å². The molecule has 4 rings (SSSR count). The molecule has 26 heavy (non-hydrogen) atoms. The van der Waals surface area contributed by atoms with Crippen LogP contribution in [-0.4, -0.2) is 8.42 Å². The second kappa shape index (κ2) is 6.18. The maximum absolute atomic E-state index is 13.3. The van der Waals surface area contributed by atoms with Gasteiger partial charge in [0.25, 0.3) is 0 Å². The molecule has 2 aromatic rings. The lowest BCUT2D eigenvalue weighted by Crippen LogP contribution is -2.11. The molecule has 2 N–H and O–H groups in total. The predicted octanol–water partition coefficient (Wildman–Crippen LogP) is 4.51. The Bertz CT molecular complexity index is 997. The SMILES string of the molecule is NS(=O)(=O)c1ccc(C2=CC3(C=C2c2ccc(F)cc2)CCCC3)cc1. The van der Waals surface area contributed by atoms with E-state index in [0.717, 1.165) is 35.1 Å². The summed E-state index contributed by atoms with van der Waals surface area (Å²) in [6.07, 6.45) is 9.20. The van der Waals surface area contributed by atoms with Crippen molar-refractivity contribution in [1.29, 1.82) is 0 Å². The van der Waals surface area contributed by atoms with Crippen molar-refractivity contribution in [1.82, 2.24) is 0 Å². The fraction of sp³-hybridized carbons (Fsp3) is 0.238. The highest BCUT2D eigenvalue weighted by Gasteiger charge is 2.35. The summed E-state index contributed by atoms with van der Waals surface area (Å²) in [7, 11) is -3.71. The van der Waals surface area contributed by atoms with Crippen LogP contribution in [0.15, 0.2) is 65.6 Å². The molecule has 3 nitrogen and oxygen atoms in total. The van der Waals surface area contributed by atoms with Crippen molar-refractivity contribution >= 4 is 21.2 Å². The van der Waals surface area contributed by atoms with Gasteiger partial charge in [-0.15, -0.1) is 0 Å². The lowest BCUT2D eigenvalue weighted by atomic mass is 9.88. The van der Waals surface area contributed by atoms with Crippen LogP contribution in [0.4, 0.5) is 4.39 Å². The van der Waals surface area contributed by atoms with Gasteiger partial charge in [0.15, 0.2) is 0 Å². The van der Waals surface area contributed by atoms with Crippen LogP contribution in [0.2, 0.25) is 0 Å². The van der Waals surface area contributed by atoms with Gasteiger partial charge < -0.3 is 0 Å². The van der Waals surface area contributed by atoms with Crippen molar-refractivity contribution in [3.63, 3.8) is 0 Å². The molecule has 2 aliphatic carbocycles. The first-order valence-corrected chi connectivity index (χ1v) is 10.3. The van der Waals surface area contributed by atoms with Crippen LogP contribution in [0.5, 0.6) is 0 Å². The summed E-state index contributed by atoms with van der Waals surface area (Å²) in [5.74, 6) is -0.258. The number of primary sulfonamides is 1. The predicted molar refractivity (Wildman–Crippen MR) is 101 cm³/mol. The van der Waals surface area contributed by atoms with E-state index in [0.29, 0.717) is 0 Å². The Labute approximate surface area is 153 Å². The third-order valence-corrected chi connectivity index (χ3v) is 6.27. The Hall–Kier alpha value is -2.24. The number of sulfonamides is 1. The molecule has 1 spiro atoms. The second-order valence-electron chi connectivity index (χ2n) is 7.13. The highest BCUT2D eigenvalue weighted by atomic mass is 32.2. The molecular formula is C21H20FNO2S. The van der Waals surface area contributed by atoms with Crippen molar-refractivity contribution in [3.05, 3.63) is 77.6 Å². The van der Waals surface area contributed by atoms with Crippen molar-refractivity contribution < 1.29 is 12.8 Å². The Morgan fingerprint density at radius 3 is 1.73 bits per heavy atom. The molecule has 2 aliphatic rings. The van der Waals surface area contributed by atoms with E-state index in [-0.39, 0.29) is 16.1 Å². The van der Waals surface area contributed by atoms with E-state index in [2.05, 4.69) is 12.2 Å². The quantitative estimate of drug-likeness (QED) is 0.865. The van der Waals surface area contributed by atoms with Gasteiger partial charge in [-0.05, 0) is 59.4 Å². The Morgan fingerprint density at radius 1 is 0.808 bits per heavy atom. The van der Waals surface area contributed by atoms with E-state index in [1.807, 2.05) is 0 Å². The molecule has 0 bridgehead atoms. The summed E-state index contributed by atoms with van der Waals surface area (Å²) >= 11 is 0. The summed E-state index contributed by atoms with van der Waals surface area (Å²) in [5, 5.41) is 5.20. The molecule has 1 saturated carbocycles. The molecule has 0 atom stereocenters. The van der Waals surface area contributed by atoms with Gasteiger partial charge in [-0.2, -0.15) is 0 Å². The molecule has 0 radical (unpaired) electrons. The molecule has 0 aliphatic heterocycles. The van der Waals surface area contributed by atoms with Crippen LogP contribution in [0.25, 0.3) is 11.1 Å². The number of nitrogens with two attached hydrogens (primary N) is 1. The lowest BCUT2D eigenvalue weighted by Gasteiger charge is -2.16. The van der Waals surface area contributed by atoms with Gasteiger partial charge in [0.1, 0.15) is 5.82 Å². The highest BCUT2D eigenvalue weighted by molar-refractivity contribution is 7.89. The minimum absolute atomic E-state index is 0.0532. The summed E-state index contributed by atoms with van der Waals surface area (Å²) in [6, 6.07) is 13.2. The number of hydrogen-bond donors (Lipinski definition) is 1. The Kier molecular flexibility index (Phi) is 4.09. The molecule has 0 unspecified atom stereocenters. The minimum Gasteiger partial charge on any atom is -0.225 e. The van der Waals surface area contributed by atoms with Gasteiger partial charge >= 0.3 is 0 Å². The number of halogens is 1. The monoisotopic (exact) mass is 369 g/mol. The molecule has 0 saturated heterocycles. The topological polar surface area (TPSA) is 60.2 Å². The van der Waals surface area contributed by atoms with E-state index in [4.69, 9.17) is 5.14 Å². The van der Waals surface area contributed by atoms with E-state index in [1.54, 1.807) is 24.3 Å². The zero-order valence-corrected chi connectivity index (χ0v) is 15.1. The fourth-order valence-electron chi connectivity index (χ4n) is 4.03. The van der Waals surface area contributed by atoms with Crippen molar-refractivity contribution in [2.45, 2.75) is 30.6 Å². The molecule has 1 fully saturated rings. The molecule has 134 valence electrons. The zero-order chi connectivity index (χ0) is 18.4. The van der Waals surface area contributed by atoms with E-state index >= 15 is 0 Å². The van der Waals surface area contributed by atoms with Gasteiger partial charge in [0.05, 0.1) is 4.90 Å². The first-order valence-electron chi connectivity index (χ1n) is 8.72. The van der Waals surface area contributed by atoms with Gasteiger partial charge in [0.2, 0.25) is 10.0 Å². The summed E-state index contributed by atoms with van der Waals surface area (Å²) in [6.45, 7) is 0. The van der Waals surface area contributed by atoms with Crippen LogP contribution >= 0.6 is 0 Å². The lowest BCUT2D eigenvalue weighted by molar-refractivity contribution is 0.523. The Balaban J connectivity index is 1.79. The average molecular weight is 369 g/mol. The Morgan fingerprint density at radius 2 is 1.27 bits per heavy atom. The van der Waals surface area contributed by atoms with Gasteiger partial charge in [-0.25, -0.2) is 17.9 Å². The average Bonchev–Trinajstić information content (AvgIpc) is 3.22. The highest BCUT2D eigenvalue weighted by Crippen LogP contribution is 2.51. The maximum atomic E-state index is 13.3. The normalized spacial score (nSPS) is 18.8. The van der Waals surface area contributed by atoms with Crippen molar-refractivity contribution in [2.75, 3.05) is 0 Å². The first kappa shape index (κ1) is 17.2. The molecule has 0 aromatic heterocycles. The molecular weight excluding hydrogens is 349 g/mol. The third kappa shape index (κ3) is 3.13. The van der Waals surface area contributed by atoms with Crippen molar-refractivity contribution in [2.24, 2.45) is 10.6 Å². The van der Waals surface area contributed by atoms with E-state index < -0.39 is 10.0 Å². The second-order valence-corrected chi connectivity index (χ2v) is 8.69. The van der Waals surface area contributed by atoms with Gasteiger partial charge in [-0.3, -0.25) is 0 Å². The summed E-state index contributed by atoms with van der Waals surface area (Å²) in [5.41, 5.74) is 4.11. The molecule has 0 heterocycles. The van der Waals surface area contributed by atoms with E-state index in [9.17, 15) is 12.8 Å². The number of rotatable bonds is 3. The van der Waals surface area contributed by atoms with Crippen molar-refractivity contribution in [3.8, 4) is 0 Å². The fourth-order valence-corrected chi connectivity index (χ4v) is 4.54. The largest absolute Gasteiger partial charge is 0.238 e. The third-order valence-electron chi connectivity index (χ3n) is 5.34. The molecule has 5 heteroatoms. The number of allylic oxidation sites excluding steroid dienone is 4. The van der Waals surface area contributed by atoms with E-state index in [1.165, 1.54) is 37.1 Å². The number of benzene rings is 2. The van der Waals surface area contributed by atoms with Crippen LogP contribution in [-0.2, 0) is 10.0 Å². The minimum atomic E-state index is -3.71. The zero-order valence-electron chi connectivity index (χ0n) is 14.3. The summed E-state index contributed by atoms with van der Waals surface area (Å²) in [4.78, 5) is 0.0998. The smallest absolute Gasteiger partial charge is 0.225 e. The summed E-state index contributed by atoms with van der Waals surface area (Å²) < 4.78 is 36.3. The van der Waals surface area contributed by atoms with Crippen LogP contribution in [0.3, 0.4) is 0 Å². The van der Waals surface area contributed by atoms with Gasteiger partial charge in [-0.1, -0.05) is 49.3 Å². The molecule has 2 aromatic carbocycles. The standard InChI is InChI=1S/C21H20FNO2S/c22-17-7-3-15(4-8-17)19-13-21(11-1-2-12-21)14-20(19)16-5-9-18(10-6-16)26(23,24)25/h3-10,13-14H,1-2,11-12H2,(H2,23,24,25). The van der Waals surface area contributed by atoms with Crippen LogP contribution in [0, 0.1) is 11.2 Å². The number of hydrogen-bond acceptors (Lipinski definition) is 2. The van der Waals surface area contributed by atoms with Crippen LogP contribution in [0.1, 0.15) is 36.8 Å².